The van der Waals surface area contributed by atoms with Gasteiger partial charge in [0.2, 0.25) is 17.8 Å². The van der Waals surface area contributed by atoms with E-state index < -0.39 is 11.4 Å². The molecule has 43 heavy (non-hydrogen) atoms. The zero-order chi connectivity index (χ0) is 31.3. The highest BCUT2D eigenvalue weighted by atomic mass is 35.5. The molecule has 0 bridgehead atoms. The number of nitrogens with zero attached hydrogens (tertiary/aromatic N) is 5. The van der Waals surface area contributed by atoms with Gasteiger partial charge in [-0.1, -0.05) is 25.1 Å². The number of halogens is 2. The van der Waals surface area contributed by atoms with Crippen LogP contribution in [0.25, 0.3) is 0 Å². The van der Waals surface area contributed by atoms with Crippen LogP contribution < -0.4 is 25.6 Å². The number of carbonyl (C=O) groups excluding carboxylic acids is 1. The fraction of sp³-hybridized carbons (Fsp3) is 0.400. The molecule has 2 heterocycles. The van der Waals surface area contributed by atoms with E-state index in [-0.39, 0.29) is 28.9 Å². The van der Waals surface area contributed by atoms with Crippen molar-refractivity contribution in [2.45, 2.75) is 44.8 Å². The molecule has 1 fully saturated rings. The average Bonchev–Trinajstić information content (AvgIpc) is 3.42. The van der Waals surface area contributed by atoms with Crippen LogP contribution >= 0.6 is 11.6 Å². The quantitative estimate of drug-likeness (QED) is 0.197. The van der Waals surface area contributed by atoms with Gasteiger partial charge < -0.3 is 35.6 Å². The predicted octanol–water partition coefficient (Wildman–Crippen LogP) is 5.43. The number of anilines is 6. The number of aromatic nitrogens is 3. The number of methoxy groups -OCH3 is 1. The number of benzene rings is 2. The van der Waals surface area contributed by atoms with Gasteiger partial charge in [0.05, 0.1) is 34.8 Å². The number of amides is 1. The summed E-state index contributed by atoms with van der Waals surface area (Å²) in [6, 6.07) is 6.51. The Bertz CT molecular complexity index is 1490. The Morgan fingerprint density at radius 2 is 1.93 bits per heavy atom. The molecular weight excluding hydrogens is 575 g/mol. The first-order valence-corrected chi connectivity index (χ1v) is 14.3. The predicted molar refractivity (Wildman–Crippen MR) is 168 cm³/mol. The largest absolute Gasteiger partial charge is 0.494 e. The zero-order valence-electron chi connectivity index (χ0n) is 25.0. The third-order valence-electron chi connectivity index (χ3n) is 7.42. The molecule has 4 rings (SSSR count). The fourth-order valence-electron chi connectivity index (χ4n) is 5.07. The zero-order valence-corrected chi connectivity index (χ0v) is 25.8. The van der Waals surface area contributed by atoms with Gasteiger partial charge in [-0.2, -0.15) is 4.98 Å². The summed E-state index contributed by atoms with van der Waals surface area (Å²) in [7, 11) is 5.65. The summed E-state index contributed by atoms with van der Waals surface area (Å²) in [6.07, 6.45) is 4.92. The molecule has 1 saturated heterocycles. The van der Waals surface area contributed by atoms with Crippen LogP contribution in [0.5, 0.6) is 5.75 Å². The Balaban J connectivity index is 1.68. The van der Waals surface area contributed by atoms with Crippen LogP contribution in [0.1, 0.15) is 38.7 Å². The third kappa shape index (κ3) is 7.51. The lowest BCUT2D eigenvalue weighted by Gasteiger charge is -2.31. The first-order chi connectivity index (χ1) is 20.4. The molecular formula is C30H38ClFN8O3. The number of rotatable bonds is 12. The minimum Gasteiger partial charge on any atom is -0.494 e. The van der Waals surface area contributed by atoms with E-state index in [0.29, 0.717) is 34.8 Å². The van der Waals surface area contributed by atoms with Crippen molar-refractivity contribution in [3.8, 4) is 5.75 Å². The highest BCUT2D eigenvalue weighted by Gasteiger charge is 2.29. The van der Waals surface area contributed by atoms with Crippen LogP contribution in [0.15, 0.2) is 43.2 Å². The number of ether oxygens (including phenoxy) is 1. The molecule has 3 aromatic rings. The second kappa shape index (κ2) is 13.5. The van der Waals surface area contributed by atoms with Crippen LogP contribution in [-0.2, 0) is 10.4 Å². The monoisotopic (exact) mass is 612 g/mol. The van der Waals surface area contributed by atoms with Gasteiger partial charge >= 0.3 is 0 Å². The number of nitrogens with one attached hydrogen (secondary N) is 3. The number of hydrogen-bond acceptors (Lipinski definition) is 10. The van der Waals surface area contributed by atoms with Crippen molar-refractivity contribution in [2.24, 2.45) is 0 Å². The van der Waals surface area contributed by atoms with Crippen molar-refractivity contribution < 1.29 is 19.0 Å². The fourth-order valence-corrected chi connectivity index (χ4v) is 5.23. The highest BCUT2D eigenvalue weighted by Crippen LogP contribution is 2.41. The molecule has 11 nitrogen and oxygen atoms in total. The van der Waals surface area contributed by atoms with Crippen LogP contribution in [-0.4, -0.2) is 71.2 Å². The van der Waals surface area contributed by atoms with Crippen LogP contribution in [0.2, 0.25) is 5.02 Å². The molecule has 1 unspecified atom stereocenters. The van der Waals surface area contributed by atoms with Gasteiger partial charge in [0.1, 0.15) is 17.9 Å². The third-order valence-corrected chi connectivity index (χ3v) is 7.71. The molecule has 230 valence electrons. The molecule has 13 heteroatoms. The Kier molecular flexibility index (Phi) is 10.0. The van der Waals surface area contributed by atoms with E-state index in [1.807, 2.05) is 20.2 Å². The van der Waals surface area contributed by atoms with Crippen molar-refractivity contribution >= 4 is 52.2 Å². The topological polar surface area (TPSA) is 128 Å². The van der Waals surface area contributed by atoms with Gasteiger partial charge in [-0.25, -0.2) is 14.4 Å². The van der Waals surface area contributed by atoms with Crippen LogP contribution in [0.4, 0.5) is 39.0 Å². The summed E-state index contributed by atoms with van der Waals surface area (Å²) in [5.74, 6) is -0.167. The maximum atomic E-state index is 14.3. The second-order valence-electron chi connectivity index (χ2n) is 10.8. The number of hydrogen-bond donors (Lipinski definition) is 4. The van der Waals surface area contributed by atoms with Crippen molar-refractivity contribution in [1.82, 2.24) is 19.9 Å². The first-order valence-electron chi connectivity index (χ1n) is 14.0. The van der Waals surface area contributed by atoms with E-state index >= 15 is 0 Å². The molecule has 2 aromatic carbocycles. The lowest BCUT2D eigenvalue weighted by molar-refractivity contribution is -0.111. The van der Waals surface area contributed by atoms with Gasteiger partial charge in [0, 0.05) is 36.4 Å². The van der Waals surface area contributed by atoms with Gasteiger partial charge in [-0.3, -0.25) is 4.79 Å². The van der Waals surface area contributed by atoms with E-state index in [9.17, 15) is 14.3 Å². The average molecular weight is 613 g/mol. The molecule has 0 aliphatic carbocycles. The summed E-state index contributed by atoms with van der Waals surface area (Å²) in [5.41, 5.74) is 1.25. The van der Waals surface area contributed by atoms with E-state index in [1.54, 1.807) is 27.0 Å². The summed E-state index contributed by atoms with van der Waals surface area (Å²) >= 11 is 6.05. The molecule has 1 aliphatic heterocycles. The summed E-state index contributed by atoms with van der Waals surface area (Å²) < 4.78 is 20.0. The summed E-state index contributed by atoms with van der Waals surface area (Å²) in [5, 5.41) is 19.9. The number of likely N-dealkylation sites (N-methyl/N-ethyl adjacent to an activating group) is 1. The molecule has 0 radical (unpaired) electrons. The van der Waals surface area contributed by atoms with Crippen molar-refractivity contribution in [3.05, 3.63) is 59.7 Å². The minimum atomic E-state index is -1.33. The number of carbonyl (C=O) groups is 1. The van der Waals surface area contributed by atoms with Gasteiger partial charge in [0.25, 0.3) is 0 Å². The number of aliphatic hydroxyl groups is 1. The van der Waals surface area contributed by atoms with E-state index in [0.717, 1.165) is 31.6 Å². The summed E-state index contributed by atoms with van der Waals surface area (Å²) in [4.78, 5) is 29.7. The smallest absolute Gasteiger partial charge is 0.247 e. The molecule has 0 spiro atoms. The second-order valence-corrected chi connectivity index (χ2v) is 11.2. The SMILES string of the molecule is C=CC(=O)Nc1cc(Nc2ncnc(Nc3cc(Cl)c(F)cc3C(C)(O)CC)n2)c(OC)cc1N1CCC[C@@H]1CN(C)C. The van der Waals surface area contributed by atoms with Gasteiger partial charge in [-0.15, -0.1) is 0 Å². The normalized spacial score (nSPS) is 16.1. The van der Waals surface area contributed by atoms with E-state index in [1.165, 1.54) is 24.5 Å². The van der Waals surface area contributed by atoms with Gasteiger partial charge in [-0.05, 0) is 64.6 Å². The van der Waals surface area contributed by atoms with Crippen molar-refractivity contribution in [2.75, 3.05) is 55.1 Å². The molecule has 0 saturated carbocycles. The molecule has 1 aromatic heterocycles. The maximum Gasteiger partial charge on any atom is 0.247 e. The highest BCUT2D eigenvalue weighted by molar-refractivity contribution is 6.31. The minimum absolute atomic E-state index is 0.115. The van der Waals surface area contributed by atoms with E-state index in [4.69, 9.17) is 16.3 Å². The molecule has 4 N–H and O–H groups in total. The van der Waals surface area contributed by atoms with Crippen LogP contribution in [0.3, 0.4) is 0 Å². The maximum absolute atomic E-state index is 14.3. The lowest BCUT2D eigenvalue weighted by Crippen LogP contribution is -2.38. The van der Waals surface area contributed by atoms with Gasteiger partial charge in [0.15, 0.2) is 0 Å². The lowest BCUT2D eigenvalue weighted by atomic mass is 9.91. The Labute approximate surface area is 256 Å². The van der Waals surface area contributed by atoms with E-state index in [2.05, 4.69) is 47.3 Å². The molecule has 1 aliphatic rings. The Hall–Kier alpha value is -4.00. The Morgan fingerprint density at radius 1 is 1.23 bits per heavy atom. The standard InChI is InChI=1S/C30H38ClFN8O3/c1-7-27(41)35-23-14-24(26(43-6)15-25(23)40-11-9-10-18(40)16-39(4)5)37-29-34-17-33-28(38-29)36-22-13-20(31)21(32)12-19(22)30(3,42)8-2/h7,12-15,17-18,42H,1,8-11,16H2,2-6H3,(H,35,41)(H2,33,34,36,37,38)/t18-,30?/m1/s1. The van der Waals surface area contributed by atoms with Crippen molar-refractivity contribution in [1.29, 1.82) is 0 Å². The van der Waals surface area contributed by atoms with Crippen molar-refractivity contribution in [3.63, 3.8) is 0 Å². The Morgan fingerprint density at radius 3 is 2.56 bits per heavy atom. The molecule has 2 atom stereocenters. The van der Waals surface area contributed by atoms with Crippen LogP contribution in [0, 0.1) is 5.82 Å². The molecule has 1 amide bonds. The first kappa shape index (κ1) is 31.9. The summed E-state index contributed by atoms with van der Waals surface area (Å²) in [6.45, 7) is 8.68.